The Bertz CT molecular complexity index is 917. The molecule has 2 N–H and O–H groups in total. The largest absolute Gasteiger partial charge is 0.331 e. The molecule has 9 nitrogen and oxygen atoms in total. The molecule has 2 aromatic rings. The standard InChI is InChI=1S/C15H21N5O4S/c1-10(21)17-18-15(22)8-7-14-16-12-9-11(25(23,24)19(2)3)5-6-13(12)20(14)4/h5-6,9H,7-8H2,1-4H3,(H,17,21)(H,18,22). The minimum atomic E-state index is -3.53. The van der Waals surface area contributed by atoms with Crippen LogP contribution in [0.4, 0.5) is 0 Å². The second kappa shape index (κ2) is 7.19. The van der Waals surface area contributed by atoms with Gasteiger partial charge in [-0.3, -0.25) is 20.4 Å². The predicted molar refractivity (Wildman–Crippen MR) is 91.9 cm³/mol. The number of sulfonamides is 1. The molecule has 0 atom stereocenters. The summed E-state index contributed by atoms with van der Waals surface area (Å²) in [5.41, 5.74) is 5.82. The second-order valence-electron chi connectivity index (χ2n) is 5.75. The number of carbonyl (C=O) groups is 2. The number of aryl methyl sites for hydroxylation is 2. The van der Waals surface area contributed by atoms with E-state index >= 15 is 0 Å². The summed E-state index contributed by atoms with van der Waals surface area (Å²) in [5.74, 6) is -0.0452. The molecule has 0 fully saturated rings. The summed E-state index contributed by atoms with van der Waals surface area (Å²) < 4.78 is 27.4. The summed E-state index contributed by atoms with van der Waals surface area (Å²) in [7, 11) is 1.21. The van der Waals surface area contributed by atoms with Gasteiger partial charge in [0.2, 0.25) is 21.8 Å². The van der Waals surface area contributed by atoms with Gasteiger partial charge in [-0.1, -0.05) is 0 Å². The molecule has 0 aliphatic heterocycles. The van der Waals surface area contributed by atoms with Crippen LogP contribution in [0.2, 0.25) is 0 Å². The second-order valence-corrected chi connectivity index (χ2v) is 7.91. The molecule has 0 saturated heterocycles. The van der Waals surface area contributed by atoms with Crippen LogP contribution in [0.3, 0.4) is 0 Å². The molecule has 2 amide bonds. The zero-order valence-corrected chi connectivity index (χ0v) is 15.3. The number of fused-ring (bicyclic) bond motifs is 1. The smallest absolute Gasteiger partial charge is 0.242 e. The minimum Gasteiger partial charge on any atom is -0.331 e. The highest BCUT2D eigenvalue weighted by molar-refractivity contribution is 7.89. The summed E-state index contributed by atoms with van der Waals surface area (Å²) in [6, 6.07) is 4.75. The van der Waals surface area contributed by atoms with Crippen molar-refractivity contribution in [2.45, 2.75) is 24.7 Å². The van der Waals surface area contributed by atoms with Gasteiger partial charge in [0.05, 0.1) is 15.9 Å². The highest BCUT2D eigenvalue weighted by Crippen LogP contribution is 2.21. The lowest BCUT2D eigenvalue weighted by Crippen LogP contribution is -2.40. The van der Waals surface area contributed by atoms with Crippen LogP contribution in [-0.2, 0) is 33.1 Å². The van der Waals surface area contributed by atoms with Crippen LogP contribution >= 0.6 is 0 Å². The van der Waals surface area contributed by atoms with E-state index in [-0.39, 0.29) is 23.1 Å². The van der Waals surface area contributed by atoms with E-state index in [1.807, 2.05) is 4.57 Å². The average molecular weight is 367 g/mol. The zero-order chi connectivity index (χ0) is 18.8. The van der Waals surface area contributed by atoms with Gasteiger partial charge in [0.25, 0.3) is 0 Å². The number of nitrogens with zero attached hydrogens (tertiary/aromatic N) is 3. The quantitative estimate of drug-likeness (QED) is 0.718. The van der Waals surface area contributed by atoms with Gasteiger partial charge in [0, 0.05) is 40.9 Å². The maximum absolute atomic E-state index is 12.2. The third-order valence-corrected chi connectivity index (χ3v) is 5.49. The van der Waals surface area contributed by atoms with Crippen LogP contribution in [-0.4, -0.2) is 48.2 Å². The number of amides is 2. The molecule has 1 aromatic carbocycles. The monoisotopic (exact) mass is 367 g/mol. The SMILES string of the molecule is CC(=O)NNC(=O)CCc1nc2cc(S(=O)(=O)N(C)C)ccc2n1C. The van der Waals surface area contributed by atoms with Gasteiger partial charge in [-0.05, 0) is 18.2 Å². The molecule has 0 radical (unpaired) electrons. The van der Waals surface area contributed by atoms with Gasteiger partial charge < -0.3 is 4.57 Å². The van der Waals surface area contributed by atoms with Crippen molar-refractivity contribution in [3.63, 3.8) is 0 Å². The van der Waals surface area contributed by atoms with E-state index < -0.39 is 10.0 Å². The normalized spacial score (nSPS) is 11.7. The molecular weight excluding hydrogens is 346 g/mol. The zero-order valence-electron chi connectivity index (χ0n) is 14.5. The summed E-state index contributed by atoms with van der Waals surface area (Å²) in [6.07, 6.45) is 0.493. The molecule has 25 heavy (non-hydrogen) atoms. The van der Waals surface area contributed by atoms with Crippen molar-refractivity contribution < 1.29 is 18.0 Å². The molecule has 1 aromatic heterocycles. The van der Waals surface area contributed by atoms with E-state index in [1.165, 1.54) is 33.2 Å². The minimum absolute atomic E-state index is 0.139. The highest BCUT2D eigenvalue weighted by Gasteiger charge is 2.19. The Morgan fingerprint density at radius 3 is 2.52 bits per heavy atom. The fourth-order valence-corrected chi connectivity index (χ4v) is 3.19. The Balaban J connectivity index is 2.21. The van der Waals surface area contributed by atoms with Crippen molar-refractivity contribution in [3.05, 3.63) is 24.0 Å². The Morgan fingerprint density at radius 2 is 1.92 bits per heavy atom. The van der Waals surface area contributed by atoms with Crippen LogP contribution in [0, 0.1) is 0 Å². The molecule has 2 rings (SSSR count). The number of rotatable bonds is 5. The van der Waals surface area contributed by atoms with E-state index in [2.05, 4.69) is 15.8 Å². The molecular formula is C15H21N5O4S. The summed E-state index contributed by atoms with van der Waals surface area (Å²) in [5, 5.41) is 0. The number of hydrazine groups is 1. The van der Waals surface area contributed by atoms with Gasteiger partial charge in [0.1, 0.15) is 5.82 Å². The van der Waals surface area contributed by atoms with Crippen molar-refractivity contribution in [1.29, 1.82) is 0 Å². The van der Waals surface area contributed by atoms with Crippen molar-refractivity contribution >= 4 is 32.9 Å². The van der Waals surface area contributed by atoms with Crippen molar-refractivity contribution in [2.75, 3.05) is 14.1 Å². The van der Waals surface area contributed by atoms with Gasteiger partial charge in [-0.15, -0.1) is 0 Å². The Morgan fingerprint density at radius 1 is 1.24 bits per heavy atom. The van der Waals surface area contributed by atoms with Gasteiger partial charge in [0.15, 0.2) is 0 Å². The summed E-state index contributed by atoms with van der Waals surface area (Å²) >= 11 is 0. The van der Waals surface area contributed by atoms with Crippen molar-refractivity contribution in [3.8, 4) is 0 Å². The topological polar surface area (TPSA) is 113 Å². The Labute approximate surface area is 146 Å². The van der Waals surface area contributed by atoms with Crippen LogP contribution in [0.1, 0.15) is 19.2 Å². The number of hydrogen-bond acceptors (Lipinski definition) is 5. The average Bonchev–Trinajstić information content (AvgIpc) is 2.86. The van der Waals surface area contributed by atoms with E-state index in [9.17, 15) is 18.0 Å². The fraction of sp³-hybridized carbons (Fsp3) is 0.400. The van der Waals surface area contributed by atoms with Crippen molar-refractivity contribution in [2.24, 2.45) is 7.05 Å². The summed E-state index contributed by atoms with van der Waals surface area (Å²) in [4.78, 5) is 27.0. The molecule has 1 heterocycles. The molecule has 0 unspecified atom stereocenters. The number of hydrogen-bond donors (Lipinski definition) is 2. The number of nitrogens with one attached hydrogen (secondary N) is 2. The highest BCUT2D eigenvalue weighted by atomic mass is 32.2. The molecule has 136 valence electrons. The maximum Gasteiger partial charge on any atom is 0.242 e. The van der Waals surface area contributed by atoms with Gasteiger partial charge >= 0.3 is 0 Å². The lowest BCUT2D eigenvalue weighted by Gasteiger charge is -2.10. The van der Waals surface area contributed by atoms with Crippen LogP contribution in [0.15, 0.2) is 23.1 Å². The van der Waals surface area contributed by atoms with E-state index in [0.717, 1.165) is 9.82 Å². The molecule has 0 aliphatic rings. The number of imidazole rings is 1. The molecule has 0 aliphatic carbocycles. The fourth-order valence-electron chi connectivity index (χ4n) is 2.27. The first-order valence-corrected chi connectivity index (χ1v) is 9.00. The van der Waals surface area contributed by atoms with E-state index in [4.69, 9.17) is 0 Å². The summed E-state index contributed by atoms with van der Waals surface area (Å²) in [6.45, 7) is 1.30. The first-order valence-electron chi connectivity index (χ1n) is 7.56. The molecule has 0 spiro atoms. The van der Waals surface area contributed by atoms with Crippen LogP contribution in [0.25, 0.3) is 11.0 Å². The van der Waals surface area contributed by atoms with Crippen LogP contribution in [0.5, 0.6) is 0 Å². The maximum atomic E-state index is 12.2. The number of benzene rings is 1. The van der Waals surface area contributed by atoms with Gasteiger partial charge in [-0.25, -0.2) is 17.7 Å². The predicted octanol–water partition coefficient (Wildman–Crippen LogP) is -0.0765. The lowest BCUT2D eigenvalue weighted by atomic mass is 10.3. The van der Waals surface area contributed by atoms with Crippen LogP contribution < -0.4 is 10.9 Å². The van der Waals surface area contributed by atoms with E-state index in [1.54, 1.807) is 13.1 Å². The van der Waals surface area contributed by atoms with Crippen molar-refractivity contribution in [1.82, 2.24) is 24.7 Å². The number of aromatic nitrogens is 2. The third-order valence-electron chi connectivity index (χ3n) is 3.68. The van der Waals surface area contributed by atoms with E-state index in [0.29, 0.717) is 17.8 Å². The number of carbonyl (C=O) groups excluding carboxylic acids is 2. The Kier molecular flexibility index (Phi) is 5.43. The lowest BCUT2D eigenvalue weighted by molar-refractivity contribution is -0.127. The first kappa shape index (κ1) is 18.9. The molecule has 10 heteroatoms. The first-order chi connectivity index (χ1) is 11.6. The molecule has 0 saturated carbocycles. The van der Waals surface area contributed by atoms with Gasteiger partial charge in [-0.2, -0.15) is 0 Å². The third kappa shape index (κ3) is 4.15. The molecule has 0 bridgehead atoms. The Hall–Kier alpha value is -2.46.